The summed E-state index contributed by atoms with van der Waals surface area (Å²) < 4.78 is 7.38. The number of likely N-dealkylation sites (tertiary alicyclic amines) is 1. The SMILES string of the molecule is CO.Cn1cccn1.O=C(NC1=Nc2ccccc2C1)N1CCC2(CCCOC2)C1. The van der Waals surface area contributed by atoms with Gasteiger partial charge in [-0.15, -0.1) is 0 Å². The quantitative estimate of drug-likeness (QED) is 0.694. The predicted octanol–water partition coefficient (Wildman–Crippen LogP) is 2.51. The fourth-order valence-electron chi connectivity index (χ4n) is 4.09. The molecule has 2 aromatic rings. The lowest BCUT2D eigenvalue weighted by Crippen LogP contribution is -2.44. The summed E-state index contributed by atoms with van der Waals surface area (Å²) in [7, 11) is 2.89. The number of nitrogens with zero attached hydrogens (tertiary/aromatic N) is 4. The second kappa shape index (κ2) is 10.4. The molecule has 162 valence electrons. The van der Waals surface area contributed by atoms with E-state index in [2.05, 4.69) is 21.5 Å². The highest BCUT2D eigenvalue weighted by molar-refractivity contribution is 6.02. The largest absolute Gasteiger partial charge is 0.400 e. The van der Waals surface area contributed by atoms with Gasteiger partial charge < -0.3 is 14.7 Å². The Morgan fingerprint density at radius 2 is 2.07 bits per heavy atom. The number of aryl methyl sites for hydroxylation is 1. The van der Waals surface area contributed by atoms with Gasteiger partial charge in [0, 0.05) is 58.1 Å². The minimum absolute atomic E-state index is 0.0194. The van der Waals surface area contributed by atoms with Crippen LogP contribution >= 0.6 is 0 Å². The molecular weight excluding hydrogens is 382 g/mol. The molecule has 3 aliphatic heterocycles. The smallest absolute Gasteiger partial charge is 0.322 e. The van der Waals surface area contributed by atoms with Gasteiger partial charge in [-0.3, -0.25) is 10.00 Å². The molecule has 0 radical (unpaired) electrons. The molecule has 4 heterocycles. The summed E-state index contributed by atoms with van der Waals surface area (Å²) in [5.41, 5.74) is 2.34. The highest BCUT2D eigenvalue weighted by Crippen LogP contribution is 2.38. The summed E-state index contributed by atoms with van der Waals surface area (Å²) in [6, 6.07) is 9.89. The predicted molar refractivity (Wildman–Crippen MR) is 116 cm³/mol. The molecular formula is C22H31N5O3. The van der Waals surface area contributed by atoms with E-state index in [1.165, 1.54) is 12.0 Å². The van der Waals surface area contributed by atoms with E-state index < -0.39 is 0 Å². The number of aliphatic imine (C=N–C) groups is 1. The molecule has 1 unspecified atom stereocenters. The topological polar surface area (TPSA) is 92.0 Å². The van der Waals surface area contributed by atoms with Crippen LogP contribution in [0.5, 0.6) is 0 Å². The van der Waals surface area contributed by atoms with Crippen molar-refractivity contribution in [3.63, 3.8) is 0 Å². The summed E-state index contributed by atoms with van der Waals surface area (Å²) in [5, 5.41) is 13.8. The highest BCUT2D eigenvalue weighted by Gasteiger charge is 2.41. The van der Waals surface area contributed by atoms with Crippen molar-refractivity contribution in [1.29, 1.82) is 0 Å². The number of urea groups is 1. The van der Waals surface area contributed by atoms with Crippen LogP contribution < -0.4 is 5.32 Å². The standard InChI is InChI=1S/C17H21N3O2.C4H6N2.CH4O/c21-16(19-15-10-13-4-1-2-5-14(13)18-15)20-8-7-17(11-20)6-3-9-22-12-17;1-6-4-2-3-5-6;1-2/h1-2,4-5H,3,6-12H2,(H,18,19,21);2-4H,1H3;2H,1H3. The molecule has 1 spiro atoms. The van der Waals surface area contributed by atoms with E-state index in [1.54, 1.807) is 10.9 Å². The summed E-state index contributed by atoms with van der Waals surface area (Å²) >= 11 is 0. The Kier molecular flexibility index (Phi) is 7.59. The average molecular weight is 414 g/mol. The number of carbonyl (C=O) groups is 1. The number of aliphatic hydroxyl groups is 1. The molecule has 1 atom stereocenters. The average Bonchev–Trinajstić information content (AvgIpc) is 3.51. The van der Waals surface area contributed by atoms with Gasteiger partial charge in [0.05, 0.1) is 12.3 Å². The van der Waals surface area contributed by atoms with Crippen molar-refractivity contribution < 1.29 is 14.6 Å². The lowest BCUT2D eigenvalue weighted by Gasteiger charge is -2.32. The monoisotopic (exact) mass is 413 g/mol. The van der Waals surface area contributed by atoms with E-state index in [-0.39, 0.29) is 11.4 Å². The van der Waals surface area contributed by atoms with Crippen LogP contribution in [-0.2, 0) is 18.2 Å². The number of aliphatic hydroxyl groups excluding tert-OH is 1. The van der Waals surface area contributed by atoms with Crippen LogP contribution in [0.1, 0.15) is 24.8 Å². The van der Waals surface area contributed by atoms with Gasteiger partial charge >= 0.3 is 6.03 Å². The van der Waals surface area contributed by atoms with E-state index in [0.717, 1.165) is 57.8 Å². The Hall–Kier alpha value is -2.71. The lowest BCUT2D eigenvalue weighted by molar-refractivity contribution is -0.000361. The molecule has 0 aliphatic carbocycles. The number of hydrogen-bond acceptors (Lipinski definition) is 5. The number of nitrogens with one attached hydrogen (secondary N) is 1. The number of carbonyl (C=O) groups excluding carboxylic acids is 1. The van der Waals surface area contributed by atoms with Crippen molar-refractivity contribution in [3.05, 3.63) is 48.3 Å². The summed E-state index contributed by atoms with van der Waals surface area (Å²) in [5.74, 6) is 0.757. The van der Waals surface area contributed by atoms with Crippen LogP contribution in [-0.4, -0.2) is 65.1 Å². The third kappa shape index (κ3) is 5.46. The summed E-state index contributed by atoms with van der Waals surface area (Å²) in [6.07, 6.45) is 7.68. The Bertz CT molecular complexity index is 844. The van der Waals surface area contributed by atoms with Crippen molar-refractivity contribution in [1.82, 2.24) is 20.0 Å². The Morgan fingerprint density at radius 3 is 2.70 bits per heavy atom. The van der Waals surface area contributed by atoms with E-state index in [0.29, 0.717) is 6.42 Å². The molecule has 5 rings (SSSR count). The molecule has 8 heteroatoms. The number of amides is 2. The van der Waals surface area contributed by atoms with Gasteiger partial charge in [0.25, 0.3) is 0 Å². The number of rotatable bonds is 0. The van der Waals surface area contributed by atoms with Crippen molar-refractivity contribution in [2.75, 3.05) is 33.4 Å². The van der Waals surface area contributed by atoms with Gasteiger partial charge in [-0.25, -0.2) is 9.79 Å². The first-order chi connectivity index (χ1) is 14.6. The number of fused-ring (bicyclic) bond motifs is 1. The van der Waals surface area contributed by atoms with Crippen LogP contribution in [0.25, 0.3) is 0 Å². The molecule has 3 aliphatic rings. The molecule has 0 bridgehead atoms. The normalized spacial score (nSPS) is 21.7. The van der Waals surface area contributed by atoms with Gasteiger partial charge in [-0.1, -0.05) is 18.2 Å². The highest BCUT2D eigenvalue weighted by atomic mass is 16.5. The zero-order valence-corrected chi connectivity index (χ0v) is 17.8. The zero-order valence-electron chi connectivity index (χ0n) is 17.8. The first-order valence-electron chi connectivity index (χ1n) is 10.3. The molecule has 0 saturated carbocycles. The van der Waals surface area contributed by atoms with Crippen molar-refractivity contribution in [2.45, 2.75) is 25.7 Å². The number of benzene rings is 1. The van der Waals surface area contributed by atoms with Crippen LogP contribution in [0.3, 0.4) is 0 Å². The Morgan fingerprint density at radius 1 is 1.23 bits per heavy atom. The second-order valence-electron chi connectivity index (χ2n) is 7.80. The summed E-state index contributed by atoms with van der Waals surface area (Å²) in [6.45, 7) is 3.28. The van der Waals surface area contributed by atoms with E-state index >= 15 is 0 Å². The van der Waals surface area contributed by atoms with Crippen molar-refractivity contribution in [2.24, 2.45) is 17.5 Å². The molecule has 30 heavy (non-hydrogen) atoms. The van der Waals surface area contributed by atoms with Crippen LogP contribution in [0, 0.1) is 5.41 Å². The maximum atomic E-state index is 12.5. The number of ether oxygens (including phenoxy) is 1. The Labute approximate surface area is 177 Å². The van der Waals surface area contributed by atoms with E-state index in [9.17, 15) is 4.79 Å². The molecule has 2 amide bonds. The van der Waals surface area contributed by atoms with Crippen molar-refractivity contribution in [3.8, 4) is 0 Å². The number of para-hydroxylation sites is 1. The fraction of sp³-hybridized carbons (Fsp3) is 0.500. The molecule has 2 fully saturated rings. The molecule has 2 N–H and O–H groups in total. The number of hydrogen-bond donors (Lipinski definition) is 2. The van der Waals surface area contributed by atoms with Gasteiger partial charge in [0.1, 0.15) is 5.84 Å². The van der Waals surface area contributed by atoms with Crippen LogP contribution in [0.2, 0.25) is 0 Å². The minimum Gasteiger partial charge on any atom is -0.400 e. The maximum Gasteiger partial charge on any atom is 0.322 e. The molecule has 1 aromatic carbocycles. The van der Waals surface area contributed by atoms with E-state index in [4.69, 9.17) is 9.84 Å². The summed E-state index contributed by atoms with van der Waals surface area (Å²) in [4.78, 5) is 18.9. The van der Waals surface area contributed by atoms with Crippen molar-refractivity contribution >= 4 is 17.6 Å². The first-order valence-corrected chi connectivity index (χ1v) is 10.3. The van der Waals surface area contributed by atoms with Gasteiger partial charge in [-0.2, -0.15) is 5.10 Å². The third-order valence-corrected chi connectivity index (χ3v) is 5.62. The van der Waals surface area contributed by atoms with Gasteiger partial charge in [-0.05, 0) is 37.0 Å². The fourth-order valence-corrected chi connectivity index (χ4v) is 4.09. The lowest BCUT2D eigenvalue weighted by atomic mass is 9.82. The van der Waals surface area contributed by atoms with Crippen LogP contribution in [0.4, 0.5) is 10.5 Å². The second-order valence-corrected chi connectivity index (χ2v) is 7.80. The third-order valence-electron chi connectivity index (χ3n) is 5.62. The van der Waals surface area contributed by atoms with Gasteiger partial charge in [0.15, 0.2) is 0 Å². The number of aromatic nitrogens is 2. The minimum atomic E-state index is -0.0194. The van der Waals surface area contributed by atoms with Gasteiger partial charge in [0.2, 0.25) is 0 Å². The molecule has 8 nitrogen and oxygen atoms in total. The first kappa shape index (κ1) is 22.0. The maximum absolute atomic E-state index is 12.5. The number of amidine groups is 1. The van der Waals surface area contributed by atoms with E-state index in [1.807, 2.05) is 42.4 Å². The molecule has 2 saturated heterocycles. The zero-order chi connectivity index (χ0) is 21.4. The Balaban J connectivity index is 0.000000273. The molecule has 1 aromatic heterocycles. The van der Waals surface area contributed by atoms with Crippen LogP contribution in [0.15, 0.2) is 47.7 Å².